The van der Waals surface area contributed by atoms with Gasteiger partial charge in [0.05, 0.1) is 11.1 Å². The van der Waals surface area contributed by atoms with Gasteiger partial charge in [0.2, 0.25) is 6.79 Å². The Kier molecular flexibility index (Phi) is 5.61. The first-order chi connectivity index (χ1) is 17.9. The third-order valence-corrected chi connectivity index (χ3v) is 5.78. The van der Waals surface area contributed by atoms with E-state index in [4.69, 9.17) is 25.3 Å². The molecule has 0 saturated heterocycles. The second kappa shape index (κ2) is 8.93. The fraction of sp³-hybridized carbons (Fsp3) is 0.125. The minimum absolute atomic E-state index is 0.0461. The van der Waals surface area contributed by atoms with Crippen molar-refractivity contribution in [3.05, 3.63) is 103 Å². The highest BCUT2D eigenvalue weighted by atomic mass is 16.7. The Labute approximate surface area is 207 Å². The van der Waals surface area contributed by atoms with Crippen LogP contribution in [-0.2, 0) is 24.6 Å². The van der Waals surface area contributed by atoms with Crippen LogP contribution in [0.1, 0.15) is 44.3 Å². The molecule has 0 aromatic heterocycles. The lowest BCUT2D eigenvalue weighted by molar-refractivity contribution is -0.149. The minimum Gasteiger partial charge on any atom is -0.456 e. The Morgan fingerprint density at radius 3 is 2.05 bits per heavy atom. The van der Waals surface area contributed by atoms with Crippen molar-refractivity contribution in [2.45, 2.75) is 12.5 Å². The van der Waals surface area contributed by atoms with Crippen molar-refractivity contribution >= 4 is 29.3 Å². The zero-order valence-electron chi connectivity index (χ0n) is 18.9. The van der Waals surface area contributed by atoms with E-state index in [1.165, 1.54) is 31.2 Å². The van der Waals surface area contributed by atoms with Crippen molar-refractivity contribution in [3.8, 4) is 11.5 Å². The number of nitrogens with zero attached hydrogens (tertiary/aromatic N) is 6. The molecule has 0 aliphatic carbocycles. The summed E-state index contributed by atoms with van der Waals surface area (Å²) in [6.07, 6.45) is 0. The molecule has 0 fully saturated rings. The molecule has 13 heteroatoms. The normalized spacial score (nSPS) is 16.1. The molecule has 2 aliphatic rings. The van der Waals surface area contributed by atoms with E-state index < -0.39 is 30.3 Å². The molecular formula is C24H14N6O7. The number of carbonyl (C=O) groups excluding carboxylic acids is 3. The standard InChI is InChI=1S/C24H14N6O7/c1-12(31)34-11-35-22(32)13-2-5-17-16(8-13)23(33)37-24(17)18-6-3-14(27-29-25)9-20(18)36-21-10-15(28-30-26)4-7-19(21)24/h2-10H,11H2,1H3. The number of ether oxygens (including phenoxy) is 4. The number of carbonyl (C=O) groups is 3. The number of hydrogen-bond donors (Lipinski definition) is 0. The van der Waals surface area contributed by atoms with Crippen LogP contribution in [0.25, 0.3) is 20.9 Å². The molecule has 0 amide bonds. The van der Waals surface area contributed by atoms with Crippen LogP contribution in [-0.4, -0.2) is 24.7 Å². The quantitative estimate of drug-likeness (QED) is 0.139. The van der Waals surface area contributed by atoms with Crippen LogP contribution >= 0.6 is 0 Å². The predicted octanol–water partition coefficient (Wildman–Crippen LogP) is 5.82. The van der Waals surface area contributed by atoms with Crippen LogP contribution in [0, 0.1) is 0 Å². The van der Waals surface area contributed by atoms with Crippen LogP contribution in [0.15, 0.2) is 64.8 Å². The van der Waals surface area contributed by atoms with Gasteiger partial charge in [0.1, 0.15) is 11.5 Å². The van der Waals surface area contributed by atoms with E-state index in [2.05, 4.69) is 24.8 Å². The third-order valence-electron chi connectivity index (χ3n) is 5.78. The summed E-state index contributed by atoms with van der Waals surface area (Å²) in [6, 6.07) is 13.7. The Hall–Kier alpha value is -5.51. The van der Waals surface area contributed by atoms with Gasteiger partial charge in [-0.3, -0.25) is 4.79 Å². The molecule has 2 aliphatic heterocycles. The summed E-state index contributed by atoms with van der Waals surface area (Å²) in [6.45, 7) is 0.603. The van der Waals surface area contributed by atoms with E-state index in [-0.39, 0.29) is 34.0 Å². The zero-order chi connectivity index (χ0) is 26.2. The monoisotopic (exact) mass is 498 g/mol. The van der Waals surface area contributed by atoms with Gasteiger partial charge >= 0.3 is 17.9 Å². The Balaban J connectivity index is 1.67. The Bertz CT molecular complexity index is 1540. The fourth-order valence-electron chi connectivity index (χ4n) is 4.31. The van der Waals surface area contributed by atoms with E-state index in [0.29, 0.717) is 16.7 Å². The summed E-state index contributed by atoms with van der Waals surface area (Å²) >= 11 is 0. The largest absolute Gasteiger partial charge is 0.456 e. The van der Waals surface area contributed by atoms with Gasteiger partial charge in [-0.25, -0.2) is 9.59 Å². The molecule has 0 saturated carbocycles. The average Bonchev–Trinajstić information content (AvgIpc) is 3.16. The molecule has 3 aromatic carbocycles. The van der Waals surface area contributed by atoms with Crippen molar-refractivity contribution in [2.75, 3.05) is 6.79 Å². The highest BCUT2D eigenvalue weighted by molar-refractivity contribution is 6.00. The van der Waals surface area contributed by atoms with E-state index in [1.807, 2.05) is 0 Å². The van der Waals surface area contributed by atoms with Crippen LogP contribution < -0.4 is 4.74 Å². The number of esters is 3. The highest BCUT2D eigenvalue weighted by Crippen LogP contribution is 2.57. The number of fused-ring (bicyclic) bond motifs is 6. The smallest absolute Gasteiger partial charge is 0.341 e. The average molecular weight is 498 g/mol. The van der Waals surface area contributed by atoms with Crippen molar-refractivity contribution in [1.29, 1.82) is 0 Å². The molecule has 2 heterocycles. The van der Waals surface area contributed by atoms with Crippen molar-refractivity contribution in [2.24, 2.45) is 10.2 Å². The summed E-state index contributed by atoms with van der Waals surface area (Å²) in [4.78, 5) is 42.1. The van der Waals surface area contributed by atoms with Crippen molar-refractivity contribution in [1.82, 2.24) is 0 Å². The first-order valence-corrected chi connectivity index (χ1v) is 10.6. The van der Waals surface area contributed by atoms with Gasteiger partial charge in [0, 0.05) is 44.8 Å². The number of rotatable bonds is 5. The molecule has 0 bridgehead atoms. The number of benzene rings is 3. The molecule has 3 aromatic rings. The van der Waals surface area contributed by atoms with Gasteiger partial charge in [-0.05, 0) is 35.3 Å². The van der Waals surface area contributed by atoms with Gasteiger partial charge in [-0.1, -0.05) is 40.6 Å². The second-order valence-corrected chi connectivity index (χ2v) is 7.86. The van der Waals surface area contributed by atoms with Gasteiger partial charge < -0.3 is 18.9 Å². The maximum absolute atomic E-state index is 13.2. The van der Waals surface area contributed by atoms with E-state index in [0.717, 1.165) is 0 Å². The summed E-state index contributed by atoms with van der Waals surface area (Å²) in [5, 5.41) is 7.20. The molecular weight excluding hydrogens is 484 g/mol. The maximum atomic E-state index is 13.2. The molecule has 5 rings (SSSR count). The van der Waals surface area contributed by atoms with E-state index >= 15 is 0 Å². The summed E-state index contributed by atoms with van der Waals surface area (Å²) < 4.78 is 21.6. The lowest BCUT2D eigenvalue weighted by Gasteiger charge is -2.36. The highest BCUT2D eigenvalue weighted by Gasteiger charge is 2.53. The topological polar surface area (TPSA) is 186 Å². The lowest BCUT2D eigenvalue weighted by Crippen LogP contribution is -2.32. The molecule has 1 spiro atoms. The lowest BCUT2D eigenvalue weighted by atomic mass is 9.77. The van der Waals surface area contributed by atoms with Crippen LogP contribution in [0.3, 0.4) is 0 Å². The van der Waals surface area contributed by atoms with Gasteiger partial charge in [-0.15, -0.1) is 0 Å². The van der Waals surface area contributed by atoms with Crippen LogP contribution in [0.5, 0.6) is 11.5 Å². The SMILES string of the molecule is CC(=O)OCOC(=O)c1ccc2c(c1)C(=O)OC21c2ccc(N=[N+]=[N-])cc2Oc2cc(N=[N+]=[N-])ccc21. The van der Waals surface area contributed by atoms with E-state index in [9.17, 15) is 14.4 Å². The summed E-state index contributed by atoms with van der Waals surface area (Å²) in [5.41, 5.74) is 18.2. The molecule has 37 heavy (non-hydrogen) atoms. The van der Waals surface area contributed by atoms with Gasteiger partial charge in [0.15, 0.2) is 5.60 Å². The third kappa shape index (κ3) is 3.82. The molecule has 182 valence electrons. The number of azide groups is 2. The Morgan fingerprint density at radius 2 is 1.49 bits per heavy atom. The first kappa shape index (κ1) is 23.2. The minimum atomic E-state index is -1.47. The fourth-order valence-corrected chi connectivity index (χ4v) is 4.31. The van der Waals surface area contributed by atoms with Crippen LogP contribution in [0.4, 0.5) is 11.4 Å². The van der Waals surface area contributed by atoms with Gasteiger partial charge in [0.25, 0.3) is 0 Å². The van der Waals surface area contributed by atoms with Crippen LogP contribution in [0.2, 0.25) is 0 Å². The Morgan fingerprint density at radius 1 is 0.892 bits per heavy atom. The zero-order valence-corrected chi connectivity index (χ0v) is 18.9. The summed E-state index contributed by atoms with van der Waals surface area (Å²) in [7, 11) is 0. The predicted molar refractivity (Wildman–Crippen MR) is 124 cm³/mol. The summed E-state index contributed by atoms with van der Waals surface area (Å²) in [5.74, 6) is -1.62. The van der Waals surface area contributed by atoms with Gasteiger partial charge in [-0.2, -0.15) is 0 Å². The maximum Gasteiger partial charge on any atom is 0.341 e. The van der Waals surface area contributed by atoms with Crippen molar-refractivity contribution < 1.29 is 33.3 Å². The van der Waals surface area contributed by atoms with Crippen molar-refractivity contribution in [3.63, 3.8) is 0 Å². The van der Waals surface area contributed by atoms with E-state index in [1.54, 1.807) is 30.3 Å². The molecule has 0 radical (unpaired) electrons. The molecule has 0 N–H and O–H groups in total. The molecule has 0 atom stereocenters. The second-order valence-electron chi connectivity index (χ2n) is 7.86. The first-order valence-electron chi connectivity index (χ1n) is 10.6. The molecule has 13 nitrogen and oxygen atoms in total. The number of hydrogen-bond acceptors (Lipinski definition) is 9. The molecule has 0 unspecified atom stereocenters.